The van der Waals surface area contributed by atoms with Crippen LogP contribution in [-0.4, -0.2) is 42.5 Å². The number of nitrogens with one attached hydrogen (secondary N) is 2. The van der Waals surface area contributed by atoms with Gasteiger partial charge in [0.15, 0.2) is 0 Å². The van der Waals surface area contributed by atoms with Crippen molar-refractivity contribution in [3.05, 3.63) is 59.9 Å². The molecule has 2 amide bonds. The average Bonchev–Trinajstić information content (AvgIpc) is 2.98. The fraction of sp³-hybridized carbons (Fsp3) is 0.581. The van der Waals surface area contributed by atoms with E-state index in [-0.39, 0.29) is 17.7 Å². The number of hydrogen-bond acceptors (Lipinski definition) is 6. The molecule has 1 heterocycles. The summed E-state index contributed by atoms with van der Waals surface area (Å²) in [6.45, 7) is 2.50. The van der Waals surface area contributed by atoms with Gasteiger partial charge in [0, 0.05) is 31.3 Å². The summed E-state index contributed by atoms with van der Waals surface area (Å²) in [5.41, 5.74) is 13.4. The second-order valence-corrected chi connectivity index (χ2v) is 10.7. The summed E-state index contributed by atoms with van der Waals surface area (Å²) in [5.74, 6) is 1.05. The zero-order chi connectivity index (χ0) is 27.7. The van der Waals surface area contributed by atoms with E-state index in [0.29, 0.717) is 32.0 Å². The molecule has 6 N–H and O–H groups in total. The lowest BCUT2D eigenvalue weighted by Crippen LogP contribution is -2.50. The summed E-state index contributed by atoms with van der Waals surface area (Å²) in [7, 11) is 0. The van der Waals surface area contributed by atoms with Gasteiger partial charge in [0.1, 0.15) is 18.4 Å². The number of pyridine rings is 1. The molecule has 3 rings (SSSR count). The van der Waals surface area contributed by atoms with Gasteiger partial charge >= 0.3 is 0 Å². The number of carbonyl (C=O) groups is 2. The van der Waals surface area contributed by atoms with E-state index in [1.807, 2.05) is 36.4 Å². The van der Waals surface area contributed by atoms with Crippen molar-refractivity contribution in [3.8, 4) is 5.75 Å². The largest absolute Gasteiger partial charge is 0.489 e. The Morgan fingerprint density at radius 2 is 1.54 bits per heavy atom. The van der Waals surface area contributed by atoms with Gasteiger partial charge in [-0.05, 0) is 92.9 Å². The maximum absolute atomic E-state index is 13.2. The number of carbonyl (C=O) groups excluding carboxylic acids is 2. The molecule has 0 spiro atoms. The van der Waals surface area contributed by atoms with E-state index >= 15 is 0 Å². The van der Waals surface area contributed by atoms with Crippen LogP contribution in [0, 0.1) is 11.8 Å². The van der Waals surface area contributed by atoms with Crippen LogP contribution in [0.2, 0.25) is 0 Å². The van der Waals surface area contributed by atoms with Gasteiger partial charge in [0.25, 0.3) is 0 Å². The Balaban J connectivity index is 1.53. The Morgan fingerprint density at radius 3 is 2.21 bits per heavy atom. The first-order valence-corrected chi connectivity index (χ1v) is 14.7. The lowest BCUT2D eigenvalue weighted by molar-refractivity contribution is -0.131. The molecular weight excluding hydrogens is 490 g/mol. The summed E-state index contributed by atoms with van der Waals surface area (Å²) in [5, 5.41) is 6.13. The first kappa shape index (κ1) is 30.6. The van der Waals surface area contributed by atoms with E-state index < -0.39 is 6.04 Å². The van der Waals surface area contributed by atoms with Gasteiger partial charge in [-0.25, -0.2) is 0 Å². The van der Waals surface area contributed by atoms with Gasteiger partial charge in [-0.3, -0.25) is 14.6 Å². The van der Waals surface area contributed by atoms with Crippen LogP contribution in [0.4, 0.5) is 0 Å². The molecule has 1 saturated carbocycles. The number of nitrogens with two attached hydrogens (primary N) is 2. The summed E-state index contributed by atoms with van der Waals surface area (Å²) in [6.07, 6.45) is 14.1. The Kier molecular flexibility index (Phi) is 13.8. The summed E-state index contributed by atoms with van der Waals surface area (Å²) in [4.78, 5) is 30.3. The predicted octanol–water partition coefficient (Wildman–Crippen LogP) is 3.87. The fourth-order valence-electron chi connectivity index (χ4n) is 5.07. The fourth-order valence-corrected chi connectivity index (χ4v) is 5.07. The highest BCUT2D eigenvalue weighted by molar-refractivity contribution is 5.88. The smallest absolute Gasteiger partial charge is 0.242 e. The van der Waals surface area contributed by atoms with Gasteiger partial charge in [-0.1, -0.05) is 37.8 Å². The second kappa shape index (κ2) is 17.6. The first-order chi connectivity index (χ1) is 19.1. The quantitative estimate of drug-likeness (QED) is 0.227. The number of amides is 2. The number of unbranched alkanes of at least 4 members (excludes halogenated alkanes) is 5. The highest BCUT2D eigenvalue weighted by atomic mass is 16.5. The van der Waals surface area contributed by atoms with E-state index in [9.17, 15) is 9.59 Å². The molecule has 2 aromatic rings. The van der Waals surface area contributed by atoms with Crippen LogP contribution >= 0.6 is 0 Å². The maximum atomic E-state index is 13.2. The van der Waals surface area contributed by atoms with Crippen LogP contribution in [0.5, 0.6) is 5.75 Å². The molecule has 1 aromatic heterocycles. The topological polar surface area (TPSA) is 132 Å². The minimum Gasteiger partial charge on any atom is -0.489 e. The minimum atomic E-state index is -0.613. The molecule has 214 valence electrons. The third-order valence-electron chi connectivity index (χ3n) is 7.63. The van der Waals surface area contributed by atoms with Gasteiger partial charge in [0.2, 0.25) is 11.8 Å². The Hall–Kier alpha value is -2.97. The van der Waals surface area contributed by atoms with E-state index in [1.165, 1.54) is 6.42 Å². The standard InChI is InChI=1S/C31H47N5O3/c32-17-5-3-1-2-4-6-18-35-31(38)29(36-30(37)27-11-7-25(22-33)8-12-27)21-24-9-13-28(14-10-24)39-23-26-15-19-34-20-16-26/h9-10,13-16,19-20,25,27,29H,1-8,11-12,17-18,21-23,32-33H2,(H,35,38)(H,36,37)/t25?,27?,29-/m0/s1. The van der Waals surface area contributed by atoms with E-state index in [4.69, 9.17) is 16.2 Å². The number of rotatable bonds is 17. The third-order valence-corrected chi connectivity index (χ3v) is 7.63. The molecule has 1 aromatic carbocycles. The summed E-state index contributed by atoms with van der Waals surface area (Å²) >= 11 is 0. The van der Waals surface area contributed by atoms with Crippen LogP contribution in [0.1, 0.15) is 75.3 Å². The molecule has 39 heavy (non-hydrogen) atoms. The molecule has 0 bridgehead atoms. The Labute approximate surface area is 233 Å². The van der Waals surface area contributed by atoms with Crippen molar-refractivity contribution >= 4 is 11.8 Å². The summed E-state index contributed by atoms with van der Waals surface area (Å²) in [6, 6.07) is 11.0. The molecule has 1 aliphatic carbocycles. The molecule has 0 saturated heterocycles. The van der Waals surface area contributed by atoms with Crippen LogP contribution < -0.4 is 26.8 Å². The zero-order valence-electron chi connectivity index (χ0n) is 23.3. The first-order valence-electron chi connectivity index (χ1n) is 14.7. The van der Waals surface area contributed by atoms with Crippen molar-refractivity contribution in [2.24, 2.45) is 23.3 Å². The van der Waals surface area contributed by atoms with Gasteiger partial charge in [-0.2, -0.15) is 0 Å². The van der Waals surface area contributed by atoms with E-state index in [0.717, 1.165) is 81.2 Å². The van der Waals surface area contributed by atoms with Crippen molar-refractivity contribution in [2.45, 2.75) is 83.3 Å². The highest BCUT2D eigenvalue weighted by Gasteiger charge is 2.29. The van der Waals surface area contributed by atoms with Crippen LogP contribution in [-0.2, 0) is 22.6 Å². The van der Waals surface area contributed by atoms with Crippen molar-refractivity contribution < 1.29 is 14.3 Å². The molecule has 1 atom stereocenters. The van der Waals surface area contributed by atoms with Crippen molar-refractivity contribution in [1.82, 2.24) is 15.6 Å². The van der Waals surface area contributed by atoms with E-state index in [1.54, 1.807) is 12.4 Å². The third kappa shape index (κ3) is 11.3. The molecule has 0 aliphatic heterocycles. The monoisotopic (exact) mass is 537 g/mol. The van der Waals surface area contributed by atoms with Gasteiger partial charge in [-0.15, -0.1) is 0 Å². The highest BCUT2D eigenvalue weighted by Crippen LogP contribution is 2.28. The Bertz CT molecular complexity index is 962. The SMILES string of the molecule is NCCCCCCCCNC(=O)[C@H](Cc1ccc(OCc2ccncc2)cc1)NC(=O)C1CCC(CN)CC1. The number of nitrogens with zero attached hydrogens (tertiary/aromatic N) is 1. The Morgan fingerprint density at radius 1 is 0.872 bits per heavy atom. The molecule has 8 nitrogen and oxygen atoms in total. The zero-order valence-corrected chi connectivity index (χ0v) is 23.3. The van der Waals surface area contributed by atoms with Gasteiger partial charge < -0.3 is 26.8 Å². The molecule has 0 radical (unpaired) electrons. The number of hydrogen-bond donors (Lipinski definition) is 4. The maximum Gasteiger partial charge on any atom is 0.242 e. The molecule has 0 unspecified atom stereocenters. The lowest BCUT2D eigenvalue weighted by Gasteiger charge is -2.28. The molecular formula is C31H47N5O3. The minimum absolute atomic E-state index is 0.0252. The number of aromatic nitrogens is 1. The second-order valence-electron chi connectivity index (χ2n) is 10.7. The average molecular weight is 538 g/mol. The van der Waals surface area contributed by atoms with Gasteiger partial charge in [0.05, 0.1) is 0 Å². The number of benzene rings is 1. The lowest BCUT2D eigenvalue weighted by atomic mass is 9.81. The van der Waals surface area contributed by atoms with Crippen molar-refractivity contribution in [2.75, 3.05) is 19.6 Å². The molecule has 1 aliphatic rings. The summed E-state index contributed by atoms with van der Waals surface area (Å²) < 4.78 is 5.88. The van der Waals surface area contributed by atoms with Crippen LogP contribution in [0.15, 0.2) is 48.8 Å². The molecule has 1 fully saturated rings. The van der Waals surface area contributed by atoms with Crippen molar-refractivity contribution in [1.29, 1.82) is 0 Å². The van der Waals surface area contributed by atoms with Crippen molar-refractivity contribution in [3.63, 3.8) is 0 Å². The normalized spacial score (nSPS) is 17.8. The van der Waals surface area contributed by atoms with Crippen LogP contribution in [0.25, 0.3) is 0 Å². The van der Waals surface area contributed by atoms with E-state index in [2.05, 4.69) is 15.6 Å². The molecule has 8 heteroatoms. The van der Waals surface area contributed by atoms with Crippen LogP contribution in [0.3, 0.4) is 0 Å². The predicted molar refractivity (Wildman–Crippen MR) is 155 cm³/mol. The number of ether oxygens (including phenoxy) is 1.